The molecule has 1 atom stereocenters. The van der Waals surface area contributed by atoms with Gasteiger partial charge in [0.25, 0.3) is 0 Å². The van der Waals surface area contributed by atoms with E-state index in [9.17, 15) is 4.79 Å². The highest BCUT2D eigenvalue weighted by atomic mass is 16.2. The smallest absolute Gasteiger partial charge is 0.223 e. The van der Waals surface area contributed by atoms with Gasteiger partial charge in [0.05, 0.1) is 11.0 Å². The average molecular weight is 396 g/mol. The van der Waals surface area contributed by atoms with Gasteiger partial charge in [-0.05, 0) is 29.7 Å². The third kappa shape index (κ3) is 3.73. The number of fused-ring (bicyclic) bond motifs is 1. The highest BCUT2D eigenvalue weighted by Crippen LogP contribution is 2.31. The predicted molar refractivity (Wildman–Crippen MR) is 119 cm³/mol. The Hall–Kier alpha value is -3.40. The monoisotopic (exact) mass is 395 g/mol. The Bertz CT molecular complexity index is 1150. The summed E-state index contributed by atoms with van der Waals surface area (Å²) >= 11 is 0. The van der Waals surface area contributed by atoms with E-state index in [-0.39, 0.29) is 11.8 Å². The van der Waals surface area contributed by atoms with E-state index >= 15 is 0 Å². The third-order valence-corrected chi connectivity index (χ3v) is 5.95. The molecule has 1 aliphatic heterocycles. The molecule has 5 rings (SSSR count). The highest BCUT2D eigenvalue weighted by molar-refractivity contribution is 5.81. The molecule has 4 nitrogen and oxygen atoms in total. The average Bonchev–Trinajstić information content (AvgIpc) is 3.34. The van der Waals surface area contributed by atoms with E-state index in [1.807, 2.05) is 35.2 Å². The van der Waals surface area contributed by atoms with Crippen LogP contribution in [0.5, 0.6) is 0 Å². The molecular weight excluding hydrogens is 370 g/mol. The maximum Gasteiger partial charge on any atom is 0.223 e. The van der Waals surface area contributed by atoms with E-state index in [1.165, 1.54) is 11.1 Å². The normalized spacial score (nSPS) is 16.5. The van der Waals surface area contributed by atoms with Crippen LogP contribution in [0.2, 0.25) is 0 Å². The zero-order chi connectivity index (χ0) is 20.3. The first-order chi connectivity index (χ1) is 14.8. The molecule has 1 amide bonds. The molecule has 0 N–H and O–H groups in total. The standard InChI is InChI=1S/C26H25N3O/c30-25-17-22(19-28(25)18-21-11-5-2-6-12-21)26-27-23-13-7-8-14-24(23)29(26)16-15-20-9-3-1-4-10-20/h1-14,22H,15-19H2. The molecular formula is C26H25N3O. The van der Waals surface area contributed by atoms with E-state index in [1.54, 1.807) is 0 Å². The molecule has 2 heterocycles. The Morgan fingerprint density at radius 3 is 2.27 bits per heavy atom. The van der Waals surface area contributed by atoms with E-state index in [0.29, 0.717) is 13.0 Å². The van der Waals surface area contributed by atoms with Crippen molar-refractivity contribution < 1.29 is 4.79 Å². The molecule has 0 spiro atoms. The van der Waals surface area contributed by atoms with Crippen molar-refractivity contribution in [2.45, 2.75) is 31.8 Å². The van der Waals surface area contributed by atoms with Gasteiger partial charge in [0, 0.05) is 32.0 Å². The van der Waals surface area contributed by atoms with Gasteiger partial charge in [-0.15, -0.1) is 0 Å². The zero-order valence-electron chi connectivity index (χ0n) is 16.9. The Morgan fingerprint density at radius 2 is 1.50 bits per heavy atom. The highest BCUT2D eigenvalue weighted by Gasteiger charge is 2.33. The SMILES string of the molecule is O=C1CC(c2nc3ccccc3n2CCc2ccccc2)CN1Cc1ccccc1. The fourth-order valence-corrected chi connectivity index (χ4v) is 4.43. The number of imidazole rings is 1. The minimum absolute atomic E-state index is 0.129. The van der Waals surface area contributed by atoms with Crippen molar-refractivity contribution in [3.05, 3.63) is 102 Å². The van der Waals surface area contributed by atoms with Crippen molar-refractivity contribution in [2.75, 3.05) is 6.54 Å². The van der Waals surface area contributed by atoms with Crippen molar-refractivity contribution >= 4 is 16.9 Å². The summed E-state index contributed by atoms with van der Waals surface area (Å²) in [5, 5.41) is 0. The summed E-state index contributed by atoms with van der Waals surface area (Å²) in [6.07, 6.45) is 1.48. The van der Waals surface area contributed by atoms with Crippen LogP contribution >= 0.6 is 0 Å². The van der Waals surface area contributed by atoms with Crippen LogP contribution in [-0.4, -0.2) is 26.9 Å². The van der Waals surface area contributed by atoms with Crippen molar-refractivity contribution in [1.29, 1.82) is 0 Å². The van der Waals surface area contributed by atoms with E-state index < -0.39 is 0 Å². The summed E-state index contributed by atoms with van der Waals surface area (Å²) in [6.45, 7) is 2.26. The summed E-state index contributed by atoms with van der Waals surface area (Å²) in [7, 11) is 0. The molecule has 1 aromatic heterocycles. The number of aryl methyl sites for hydroxylation is 2. The van der Waals surface area contributed by atoms with Crippen LogP contribution in [0.4, 0.5) is 0 Å². The van der Waals surface area contributed by atoms with Crippen LogP contribution in [0, 0.1) is 0 Å². The molecule has 150 valence electrons. The molecule has 4 aromatic rings. The minimum Gasteiger partial charge on any atom is -0.338 e. The Morgan fingerprint density at radius 1 is 0.833 bits per heavy atom. The number of carbonyl (C=O) groups is 1. The zero-order valence-corrected chi connectivity index (χ0v) is 16.9. The van der Waals surface area contributed by atoms with Gasteiger partial charge in [-0.2, -0.15) is 0 Å². The Labute approximate surface area is 176 Å². The summed E-state index contributed by atoms with van der Waals surface area (Å²) in [5.41, 5.74) is 4.64. The molecule has 1 saturated heterocycles. The summed E-state index contributed by atoms with van der Waals surface area (Å²) in [5.74, 6) is 1.38. The molecule has 0 saturated carbocycles. The van der Waals surface area contributed by atoms with Gasteiger partial charge in [0.1, 0.15) is 5.82 Å². The fraction of sp³-hybridized carbons (Fsp3) is 0.231. The minimum atomic E-state index is 0.129. The van der Waals surface area contributed by atoms with Gasteiger partial charge in [-0.3, -0.25) is 4.79 Å². The molecule has 0 radical (unpaired) electrons. The second-order valence-corrected chi connectivity index (χ2v) is 8.01. The van der Waals surface area contributed by atoms with Crippen LogP contribution in [0.15, 0.2) is 84.9 Å². The fourth-order valence-electron chi connectivity index (χ4n) is 4.43. The second kappa shape index (κ2) is 8.15. The Balaban J connectivity index is 1.41. The molecule has 1 aliphatic rings. The topological polar surface area (TPSA) is 38.1 Å². The van der Waals surface area contributed by atoms with E-state index in [4.69, 9.17) is 4.98 Å². The first-order valence-corrected chi connectivity index (χ1v) is 10.6. The lowest BCUT2D eigenvalue weighted by Crippen LogP contribution is -2.24. The number of nitrogens with zero attached hydrogens (tertiary/aromatic N) is 3. The number of benzene rings is 3. The number of aromatic nitrogens is 2. The maximum atomic E-state index is 12.8. The molecule has 1 unspecified atom stereocenters. The van der Waals surface area contributed by atoms with Gasteiger partial charge < -0.3 is 9.47 Å². The molecule has 0 aliphatic carbocycles. The quantitative estimate of drug-likeness (QED) is 0.471. The van der Waals surface area contributed by atoms with Gasteiger partial charge in [0.15, 0.2) is 0 Å². The van der Waals surface area contributed by atoms with Crippen LogP contribution in [0.1, 0.15) is 29.3 Å². The van der Waals surface area contributed by atoms with E-state index in [2.05, 4.69) is 59.2 Å². The largest absolute Gasteiger partial charge is 0.338 e. The molecule has 1 fully saturated rings. The number of likely N-dealkylation sites (tertiary alicyclic amines) is 1. The van der Waals surface area contributed by atoms with Crippen molar-refractivity contribution in [1.82, 2.24) is 14.5 Å². The van der Waals surface area contributed by atoms with Crippen LogP contribution in [0.3, 0.4) is 0 Å². The number of carbonyl (C=O) groups excluding carboxylic acids is 1. The molecule has 3 aromatic carbocycles. The summed E-state index contributed by atoms with van der Waals surface area (Å²) in [6, 6.07) is 29.1. The Kier molecular flexibility index (Phi) is 5.06. The molecule has 0 bridgehead atoms. The number of hydrogen-bond acceptors (Lipinski definition) is 2. The summed E-state index contributed by atoms with van der Waals surface area (Å²) < 4.78 is 2.33. The van der Waals surface area contributed by atoms with Gasteiger partial charge in [-0.25, -0.2) is 4.98 Å². The summed E-state index contributed by atoms with van der Waals surface area (Å²) in [4.78, 5) is 19.7. The molecule has 4 heteroatoms. The van der Waals surface area contributed by atoms with Crippen LogP contribution in [-0.2, 0) is 24.3 Å². The first kappa shape index (κ1) is 18.6. The number of rotatable bonds is 6. The van der Waals surface area contributed by atoms with Crippen LogP contribution < -0.4 is 0 Å². The predicted octanol–water partition coefficient (Wildman–Crippen LogP) is 4.80. The van der Waals surface area contributed by atoms with Crippen molar-refractivity contribution in [3.8, 4) is 0 Å². The van der Waals surface area contributed by atoms with E-state index in [0.717, 1.165) is 36.4 Å². The lowest BCUT2D eigenvalue weighted by Gasteiger charge is -2.17. The molecule has 30 heavy (non-hydrogen) atoms. The first-order valence-electron chi connectivity index (χ1n) is 10.6. The lowest BCUT2D eigenvalue weighted by molar-refractivity contribution is -0.128. The van der Waals surface area contributed by atoms with Gasteiger partial charge in [0.2, 0.25) is 5.91 Å². The number of hydrogen-bond donors (Lipinski definition) is 0. The number of para-hydroxylation sites is 2. The number of amides is 1. The van der Waals surface area contributed by atoms with Gasteiger partial charge in [-0.1, -0.05) is 72.8 Å². The second-order valence-electron chi connectivity index (χ2n) is 8.01. The van der Waals surface area contributed by atoms with Crippen molar-refractivity contribution in [2.24, 2.45) is 0 Å². The third-order valence-electron chi connectivity index (χ3n) is 5.95. The van der Waals surface area contributed by atoms with Crippen LogP contribution in [0.25, 0.3) is 11.0 Å². The van der Waals surface area contributed by atoms with Gasteiger partial charge >= 0.3 is 0 Å². The van der Waals surface area contributed by atoms with Crippen molar-refractivity contribution in [3.63, 3.8) is 0 Å². The maximum absolute atomic E-state index is 12.8. The lowest BCUT2D eigenvalue weighted by atomic mass is 10.1.